The molecule has 0 N–H and O–H groups in total. The SMILES string of the molecule is [C-]#[N+]c1ccc2ccc(OCC)cc2c1. The van der Waals surface area contributed by atoms with Gasteiger partial charge in [0, 0.05) is 0 Å². The molecular weight excluding hydrogens is 186 g/mol. The molecule has 0 heterocycles. The Labute approximate surface area is 88.9 Å². The second-order valence-corrected chi connectivity index (χ2v) is 3.24. The van der Waals surface area contributed by atoms with Crippen LogP contribution < -0.4 is 4.74 Å². The highest BCUT2D eigenvalue weighted by atomic mass is 16.5. The maximum atomic E-state index is 6.95. The number of hydrogen-bond acceptors (Lipinski definition) is 1. The summed E-state index contributed by atoms with van der Waals surface area (Å²) in [6, 6.07) is 11.6. The van der Waals surface area contributed by atoms with E-state index in [9.17, 15) is 0 Å². The Kier molecular flexibility index (Phi) is 2.55. The van der Waals surface area contributed by atoms with Crippen LogP contribution in [0.4, 0.5) is 5.69 Å². The molecule has 0 atom stereocenters. The summed E-state index contributed by atoms with van der Waals surface area (Å²) in [7, 11) is 0. The number of ether oxygens (including phenoxy) is 1. The molecule has 0 aliphatic heterocycles. The lowest BCUT2D eigenvalue weighted by atomic mass is 10.1. The molecule has 0 aliphatic rings. The van der Waals surface area contributed by atoms with E-state index in [-0.39, 0.29) is 0 Å². The molecule has 74 valence electrons. The topological polar surface area (TPSA) is 13.6 Å². The predicted octanol–water partition coefficient (Wildman–Crippen LogP) is 3.79. The van der Waals surface area contributed by atoms with Gasteiger partial charge in [-0.3, -0.25) is 0 Å². The summed E-state index contributed by atoms with van der Waals surface area (Å²) in [5.41, 5.74) is 0.663. The summed E-state index contributed by atoms with van der Waals surface area (Å²) in [6.45, 7) is 9.57. The molecule has 0 radical (unpaired) electrons. The van der Waals surface area contributed by atoms with Crippen LogP contribution >= 0.6 is 0 Å². The Balaban J connectivity index is 2.54. The Morgan fingerprint density at radius 2 is 1.93 bits per heavy atom. The van der Waals surface area contributed by atoms with Gasteiger partial charge in [-0.15, -0.1) is 0 Å². The second kappa shape index (κ2) is 4.02. The van der Waals surface area contributed by atoms with E-state index >= 15 is 0 Å². The van der Waals surface area contributed by atoms with Crippen LogP contribution in [-0.2, 0) is 0 Å². The smallest absolute Gasteiger partial charge is 0.187 e. The van der Waals surface area contributed by atoms with E-state index < -0.39 is 0 Å². The summed E-state index contributed by atoms with van der Waals surface area (Å²) in [4.78, 5) is 3.41. The van der Waals surface area contributed by atoms with Crippen LogP contribution in [0.1, 0.15) is 6.92 Å². The molecule has 2 aromatic rings. The third-order valence-corrected chi connectivity index (χ3v) is 2.24. The molecule has 0 fully saturated rings. The molecule has 0 aromatic heterocycles. The molecule has 2 heteroatoms. The van der Waals surface area contributed by atoms with Gasteiger partial charge in [-0.2, -0.15) is 0 Å². The molecule has 0 saturated heterocycles. The zero-order chi connectivity index (χ0) is 10.7. The van der Waals surface area contributed by atoms with Crippen molar-refractivity contribution in [2.75, 3.05) is 6.61 Å². The highest BCUT2D eigenvalue weighted by Crippen LogP contribution is 2.25. The Hall–Kier alpha value is -2.01. The van der Waals surface area contributed by atoms with E-state index in [0.29, 0.717) is 12.3 Å². The first-order valence-electron chi connectivity index (χ1n) is 4.87. The standard InChI is InChI=1S/C13H11NO/c1-3-15-13-7-5-10-4-6-12(14-2)8-11(10)9-13/h4-9H,3H2,1H3. The highest BCUT2D eigenvalue weighted by molar-refractivity contribution is 5.87. The van der Waals surface area contributed by atoms with Crippen molar-refractivity contribution in [1.82, 2.24) is 0 Å². The Bertz CT molecular complexity index is 526. The summed E-state index contributed by atoms with van der Waals surface area (Å²) >= 11 is 0. The predicted molar refractivity (Wildman–Crippen MR) is 61.4 cm³/mol. The monoisotopic (exact) mass is 197 g/mol. The first-order chi connectivity index (χ1) is 7.33. The first kappa shape index (κ1) is 9.54. The normalized spacial score (nSPS) is 9.87. The van der Waals surface area contributed by atoms with Gasteiger partial charge in [0.15, 0.2) is 5.69 Å². The van der Waals surface area contributed by atoms with Crippen molar-refractivity contribution in [1.29, 1.82) is 0 Å². The van der Waals surface area contributed by atoms with E-state index in [1.54, 1.807) is 0 Å². The zero-order valence-corrected chi connectivity index (χ0v) is 8.53. The highest BCUT2D eigenvalue weighted by Gasteiger charge is 1.98. The number of nitrogens with zero attached hydrogens (tertiary/aromatic N) is 1. The van der Waals surface area contributed by atoms with Crippen LogP contribution in [0.15, 0.2) is 36.4 Å². The van der Waals surface area contributed by atoms with E-state index in [2.05, 4.69) is 4.85 Å². The summed E-state index contributed by atoms with van der Waals surface area (Å²) in [5, 5.41) is 2.18. The molecule has 2 aromatic carbocycles. The third-order valence-electron chi connectivity index (χ3n) is 2.24. The van der Waals surface area contributed by atoms with Crippen LogP contribution in [0.25, 0.3) is 15.6 Å². The molecule has 0 saturated carbocycles. The number of rotatable bonds is 2. The van der Waals surface area contributed by atoms with Crippen molar-refractivity contribution >= 4 is 16.5 Å². The average molecular weight is 197 g/mol. The molecule has 2 nitrogen and oxygen atoms in total. The first-order valence-corrected chi connectivity index (χ1v) is 4.87. The van der Waals surface area contributed by atoms with Crippen molar-refractivity contribution in [2.45, 2.75) is 6.92 Å². The van der Waals surface area contributed by atoms with E-state index in [1.165, 1.54) is 0 Å². The van der Waals surface area contributed by atoms with Crippen LogP contribution in [-0.4, -0.2) is 6.61 Å². The van der Waals surface area contributed by atoms with Gasteiger partial charge in [0.1, 0.15) is 5.75 Å². The fourth-order valence-corrected chi connectivity index (χ4v) is 1.54. The minimum absolute atomic E-state index is 0.661. The molecule has 15 heavy (non-hydrogen) atoms. The molecular formula is C13H11NO. The van der Waals surface area contributed by atoms with Crippen LogP contribution in [0.3, 0.4) is 0 Å². The van der Waals surface area contributed by atoms with Crippen LogP contribution in [0.2, 0.25) is 0 Å². The Morgan fingerprint density at radius 3 is 2.67 bits per heavy atom. The van der Waals surface area contributed by atoms with Crippen molar-refractivity contribution in [3.05, 3.63) is 47.8 Å². The largest absolute Gasteiger partial charge is 0.494 e. The minimum atomic E-state index is 0.661. The minimum Gasteiger partial charge on any atom is -0.494 e. The molecule has 0 spiro atoms. The van der Waals surface area contributed by atoms with Crippen LogP contribution in [0.5, 0.6) is 5.75 Å². The van der Waals surface area contributed by atoms with Gasteiger partial charge >= 0.3 is 0 Å². The molecule has 0 amide bonds. The Morgan fingerprint density at radius 1 is 1.13 bits per heavy atom. The molecule has 2 rings (SSSR count). The molecule has 0 aliphatic carbocycles. The van der Waals surface area contributed by atoms with E-state index in [0.717, 1.165) is 16.5 Å². The van der Waals surface area contributed by atoms with Gasteiger partial charge in [-0.05, 0) is 35.9 Å². The maximum Gasteiger partial charge on any atom is 0.187 e. The summed E-state index contributed by atoms with van der Waals surface area (Å²) < 4.78 is 5.41. The van der Waals surface area contributed by atoms with Crippen molar-refractivity contribution in [3.63, 3.8) is 0 Å². The second-order valence-electron chi connectivity index (χ2n) is 3.24. The van der Waals surface area contributed by atoms with Gasteiger partial charge in [-0.1, -0.05) is 18.2 Å². The maximum absolute atomic E-state index is 6.95. The third kappa shape index (κ3) is 1.92. The van der Waals surface area contributed by atoms with Crippen molar-refractivity contribution in [2.24, 2.45) is 0 Å². The summed E-state index contributed by atoms with van der Waals surface area (Å²) in [5.74, 6) is 0.854. The number of hydrogen-bond donors (Lipinski definition) is 0. The van der Waals surface area contributed by atoms with Crippen LogP contribution in [0, 0.1) is 6.57 Å². The fourth-order valence-electron chi connectivity index (χ4n) is 1.54. The quantitative estimate of drug-likeness (QED) is 0.668. The van der Waals surface area contributed by atoms with Gasteiger partial charge in [0.25, 0.3) is 0 Å². The van der Waals surface area contributed by atoms with Gasteiger partial charge in [-0.25, -0.2) is 4.85 Å². The number of benzene rings is 2. The zero-order valence-electron chi connectivity index (χ0n) is 8.53. The molecule has 0 bridgehead atoms. The summed E-state index contributed by atoms with van der Waals surface area (Å²) in [6.07, 6.45) is 0. The number of fused-ring (bicyclic) bond motifs is 1. The lowest BCUT2D eigenvalue weighted by Gasteiger charge is -2.04. The fraction of sp³-hybridized carbons (Fsp3) is 0.154. The van der Waals surface area contributed by atoms with Gasteiger partial charge in [0.05, 0.1) is 13.2 Å². The van der Waals surface area contributed by atoms with Gasteiger partial charge < -0.3 is 4.74 Å². The van der Waals surface area contributed by atoms with Gasteiger partial charge in [0.2, 0.25) is 0 Å². The molecule has 0 unspecified atom stereocenters. The lowest BCUT2D eigenvalue weighted by Crippen LogP contribution is -1.90. The average Bonchev–Trinajstić information content (AvgIpc) is 2.28. The van der Waals surface area contributed by atoms with E-state index in [4.69, 9.17) is 11.3 Å². The lowest BCUT2D eigenvalue weighted by molar-refractivity contribution is 0.341. The van der Waals surface area contributed by atoms with Crippen molar-refractivity contribution in [3.8, 4) is 5.75 Å². The van der Waals surface area contributed by atoms with Crippen molar-refractivity contribution < 1.29 is 4.74 Å². The van der Waals surface area contributed by atoms with E-state index in [1.807, 2.05) is 43.3 Å².